The van der Waals surface area contributed by atoms with Gasteiger partial charge in [0.2, 0.25) is 5.91 Å². The van der Waals surface area contributed by atoms with Gasteiger partial charge in [-0.1, -0.05) is 54.6 Å². The highest BCUT2D eigenvalue weighted by Crippen LogP contribution is 2.23. The zero-order valence-corrected chi connectivity index (χ0v) is 18.8. The van der Waals surface area contributed by atoms with E-state index < -0.39 is 0 Å². The Morgan fingerprint density at radius 1 is 0.900 bits per heavy atom. The fourth-order valence-electron chi connectivity index (χ4n) is 2.65. The SMILES string of the molecule is I.NC(=NCC(=O)NCCc1ccccc1)Nc1cccc(Oc2ccccc2)c1. The van der Waals surface area contributed by atoms with E-state index in [1.807, 2.05) is 84.9 Å². The summed E-state index contributed by atoms with van der Waals surface area (Å²) < 4.78 is 5.79. The van der Waals surface area contributed by atoms with Gasteiger partial charge in [0.25, 0.3) is 0 Å². The first-order valence-electron chi connectivity index (χ1n) is 9.39. The minimum absolute atomic E-state index is 0. The molecule has 0 unspecified atom stereocenters. The van der Waals surface area contributed by atoms with Crippen LogP contribution in [0.5, 0.6) is 11.5 Å². The van der Waals surface area contributed by atoms with Crippen LogP contribution in [0.25, 0.3) is 0 Å². The molecule has 0 spiro atoms. The summed E-state index contributed by atoms with van der Waals surface area (Å²) in [6.45, 7) is 0.526. The number of ether oxygens (including phenoxy) is 1. The van der Waals surface area contributed by atoms with E-state index >= 15 is 0 Å². The molecule has 0 aliphatic carbocycles. The smallest absolute Gasteiger partial charge is 0.241 e. The maximum absolute atomic E-state index is 11.9. The average molecular weight is 516 g/mol. The minimum atomic E-state index is -0.174. The van der Waals surface area contributed by atoms with Crippen molar-refractivity contribution in [3.05, 3.63) is 90.5 Å². The number of benzene rings is 3. The van der Waals surface area contributed by atoms with Crippen molar-refractivity contribution in [1.82, 2.24) is 5.32 Å². The van der Waals surface area contributed by atoms with Crippen LogP contribution >= 0.6 is 24.0 Å². The number of carbonyl (C=O) groups is 1. The third-order valence-corrected chi connectivity index (χ3v) is 4.06. The quantitative estimate of drug-likeness (QED) is 0.238. The van der Waals surface area contributed by atoms with Crippen LogP contribution in [0.3, 0.4) is 0 Å². The number of nitrogens with zero attached hydrogens (tertiary/aromatic N) is 1. The summed E-state index contributed by atoms with van der Waals surface area (Å²) in [7, 11) is 0. The highest BCUT2D eigenvalue weighted by molar-refractivity contribution is 14.0. The molecule has 0 radical (unpaired) electrons. The Hall–Kier alpha value is -3.07. The van der Waals surface area contributed by atoms with Crippen LogP contribution in [-0.4, -0.2) is 25.0 Å². The Labute approximate surface area is 193 Å². The first-order chi connectivity index (χ1) is 14.2. The second-order valence-electron chi connectivity index (χ2n) is 6.35. The molecule has 0 aliphatic rings. The van der Waals surface area contributed by atoms with E-state index in [0.29, 0.717) is 12.3 Å². The number of amides is 1. The summed E-state index contributed by atoms with van der Waals surface area (Å²) in [5, 5.41) is 5.81. The lowest BCUT2D eigenvalue weighted by Gasteiger charge is -2.09. The first-order valence-corrected chi connectivity index (χ1v) is 9.39. The van der Waals surface area contributed by atoms with Crippen molar-refractivity contribution in [2.24, 2.45) is 10.7 Å². The van der Waals surface area contributed by atoms with Crippen LogP contribution in [0, 0.1) is 0 Å². The zero-order valence-electron chi connectivity index (χ0n) is 16.5. The summed E-state index contributed by atoms with van der Waals surface area (Å²) >= 11 is 0. The number of rotatable bonds is 8. The van der Waals surface area contributed by atoms with E-state index in [4.69, 9.17) is 10.5 Å². The zero-order chi connectivity index (χ0) is 20.3. The van der Waals surface area contributed by atoms with E-state index in [1.54, 1.807) is 0 Å². The predicted octanol–water partition coefficient (Wildman–Crippen LogP) is 4.18. The normalized spacial score (nSPS) is 10.6. The van der Waals surface area contributed by atoms with Gasteiger partial charge in [0.1, 0.15) is 18.0 Å². The number of anilines is 1. The molecule has 7 heteroatoms. The molecule has 3 aromatic rings. The van der Waals surface area contributed by atoms with Gasteiger partial charge in [-0.3, -0.25) is 4.79 Å². The molecule has 4 N–H and O–H groups in total. The van der Waals surface area contributed by atoms with Gasteiger partial charge < -0.3 is 21.1 Å². The van der Waals surface area contributed by atoms with Crippen molar-refractivity contribution in [1.29, 1.82) is 0 Å². The van der Waals surface area contributed by atoms with Crippen molar-refractivity contribution in [3.63, 3.8) is 0 Å². The molecular weight excluding hydrogens is 491 g/mol. The fraction of sp³-hybridized carbons (Fsp3) is 0.130. The molecule has 0 fully saturated rings. The molecule has 3 rings (SSSR count). The highest BCUT2D eigenvalue weighted by Gasteiger charge is 2.03. The number of carbonyl (C=O) groups excluding carboxylic acids is 1. The number of aliphatic imine (C=N–C) groups is 1. The van der Waals surface area contributed by atoms with Crippen LogP contribution in [0.2, 0.25) is 0 Å². The molecule has 0 aliphatic heterocycles. The third kappa shape index (κ3) is 8.12. The van der Waals surface area contributed by atoms with E-state index in [0.717, 1.165) is 17.9 Å². The van der Waals surface area contributed by atoms with Gasteiger partial charge >= 0.3 is 0 Å². The lowest BCUT2D eigenvalue weighted by atomic mass is 10.1. The Morgan fingerprint density at radius 2 is 1.57 bits per heavy atom. The summed E-state index contributed by atoms with van der Waals surface area (Å²) in [4.78, 5) is 16.0. The topological polar surface area (TPSA) is 88.7 Å². The van der Waals surface area contributed by atoms with Crippen molar-refractivity contribution in [3.8, 4) is 11.5 Å². The number of para-hydroxylation sites is 1. The van der Waals surface area contributed by atoms with Crippen LogP contribution in [-0.2, 0) is 11.2 Å². The Morgan fingerprint density at radius 3 is 2.30 bits per heavy atom. The maximum Gasteiger partial charge on any atom is 0.241 e. The molecule has 0 saturated heterocycles. The number of hydrogen-bond acceptors (Lipinski definition) is 3. The van der Waals surface area contributed by atoms with Crippen molar-refractivity contribution in [2.75, 3.05) is 18.4 Å². The molecule has 0 bridgehead atoms. The van der Waals surface area contributed by atoms with Gasteiger partial charge in [-0.25, -0.2) is 4.99 Å². The molecular formula is C23H25IN4O2. The average Bonchev–Trinajstić information content (AvgIpc) is 2.74. The van der Waals surface area contributed by atoms with E-state index in [9.17, 15) is 4.79 Å². The molecule has 156 valence electrons. The molecule has 0 aromatic heterocycles. The Bertz CT molecular complexity index is 950. The van der Waals surface area contributed by atoms with Gasteiger partial charge in [-0.05, 0) is 36.2 Å². The van der Waals surface area contributed by atoms with Gasteiger partial charge in [0, 0.05) is 18.3 Å². The number of hydrogen-bond donors (Lipinski definition) is 3. The van der Waals surface area contributed by atoms with E-state index in [-0.39, 0.29) is 42.4 Å². The fourth-order valence-corrected chi connectivity index (χ4v) is 2.65. The molecule has 0 saturated carbocycles. The van der Waals surface area contributed by atoms with Crippen molar-refractivity contribution < 1.29 is 9.53 Å². The molecule has 0 heterocycles. The lowest BCUT2D eigenvalue weighted by Crippen LogP contribution is -2.30. The highest BCUT2D eigenvalue weighted by atomic mass is 127. The summed E-state index contributed by atoms with van der Waals surface area (Å²) in [5.74, 6) is 1.41. The molecule has 1 amide bonds. The Kier molecular flexibility index (Phi) is 9.66. The van der Waals surface area contributed by atoms with Crippen molar-refractivity contribution >= 4 is 41.5 Å². The van der Waals surface area contributed by atoms with Crippen molar-refractivity contribution in [2.45, 2.75) is 6.42 Å². The molecule has 0 atom stereocenters. The van der Waals surface area contributed by atoms with Crippen LogP contribution in [0.1, 0.15) is 5.56 Å². The first kappa shape index (κ1) is 23.2. The summed E-state index contributed by atoms with van der Waals surface area (Å²) in [5.41, 5.74) is 7.80. The molecule has 6 nitrogen and oxygen atoms in total. The predicted molar refractivity (Wildman–Crippen MR) is 132 cm³/mol. The van der Waals surface area contributed by atoms with Crippen LogP contribution in [0.4, 0.5) is 5.69 Å². The van der Waals surface area contributed by atoms with E-state index in [2.05, 4.69) is 15.6 Å². The summed E-state index contributed by atoms with van der Waals surface area (Å²) in [6, 6.07) is 26.9. The lowest BCUT2D eigenvalue weighted by molar-refractivity contribution is -0.119. The third-order valence-electron chi connectivity index (χ3n) is 4.06. The molecule has 30 heavy (non-hydrogen) atoms. The molecule has 3 aromatic carbocycles. The number of halogens is 1. The minimum Gasteiger partial charge on any atom is -0.457 e. The Balaban J connectivity index is 0.00000320. The second-order valence-corrected chi connectivity index (χ2v) is 6.35. The largest absolute Gasteiger partial charge is 0.457 e. The van der Waals surface area contributed by atoms with Gasteiger partial charge in [-0.15, -0.1) is 24.0 Å². The second kappa shape index (κ2) is 12.5. The van der Waals surface area contributed by atoms with Crippen LogP contribution < -0.4 is 21.1 Å². The summed E-state index contributed by atoms with van der Waals surface area (Å²) in [6.07, 6.45) is 0.776. The standard InChI is InChI=1S/C23H24N4O2.HI/c24-23(26-17-22(28)25-15-14-18-8-3-1-4-9-18)27-19-10-7-13-21(16-19)29-20-11-5-2-6-12-20;/h1-13,16H,14-15,17H2,(H,25,28)(H3,24,26,27);1H. The van der Waals surface area contributed by atoms with E-state index in [1.165, 1.54) is 5.56 Å². The number of guanidine groups is 1. The van der Waals surface area contributed by atoms with Gasteiger partial charge in [-0.2, -0.15) is 0 Å². The maximum atomic E-state index is 11.9. The number of nitrogens with one attached hydrogen (secondary N) is 2. The monoisotopic (exact) mass is 516 g/mol. The van der Waals surface area contributed by atoms with Gasteiger partial charge in [0.05, 0.1) is 0 Å². The van der Waals surface area contributed by atoms with Crippen LogP contribution in [0.15, 0.2) is 89.9 Å². The number of nitrogens with two attached hydrogens (primary N) is 1. The van der Waals surface area contributed by atoms with Gasteiger partial charge in [0.15, 0.2) is 5.96 Å².